The lowest BCUT2D eigenvalue weighted by Crippen LogP contribution is -2.62. The van der Waals surface area contributed by atoms with Crippen LogP contribution in [0, 0.1) is 6.85 Å². The molecule has 0 bridgehead atoms. The molecule has 13 rings (SSSR count). The van der Waals surface area contributed by atoms with Crippen LogP contribution >= 0.6 is 11.3 Å². The molecule has 0 radical (unpaired) electrons. The van der Waals surface area contributed by atoms with Gasteiger partial charge in [0.05, 0.1) is 0 Å². The van der Waals surface area contributed by atoms with Gasteiger partial charge in [0.25, 0.3) is 6.71 Å². The van der Waals surface area contributed by atoms with Crippen LogP contribution in [-0.2, 0) is 44.4 Å². The predicted octanol–water partition coefficient (Wildman–Crippen LogP) is 20.4. The first kappa shape index (κ1) is 52.0. The monoisotopic (exact) mass is 1110 g/mol. The van der Waals surface area contributed by atoms with Crippen LogP contribution in [0.2, 0.25) is 0 Å². The Labute approximate surface area is 506 Å². The fourth-order valence-corrected chi connectivity index (χ4v) is 16.2. The molecule has 424 valence electrons. The van der Waals surface area contributed by atoms with Gasteiger partial charge in [-0.1, -0.05) is 184 Å². The summed E-state index contributed by atoms with van der Waals surface area (Å²) in [5.74, 6) is 0. The van der Waals surface area contributed by atoms with E-state index in [1.165, 1.54) is 75.6 Å². The summed E-state index contributed by atoms with van der Waals surface area (Å²) in [5.41, 5.74) is 22.7. The van der Waals surface area contributed by atoms with Gasteiger partial charge in [-0.25, -0.2) is 0 Å². The van der Waals surface area contributed by atoms with E-state index in [1.54, 1.807) is 0 Å². The molecule has 0 saturated carbocycles. The molecule has 83 heavy (non-hydrogen) atoms. The molecule has 2 aliphatic carbocycles. The van der Waals surface area contributed by atoms with E-state index in [0.717, 1.165) is 76.6 Å². The Hall–Kier alpha value is -6.56. The highest BCUT2D eigenvalue weighted by atomic mass is 32.1. The molecule has 0 atom stereocenters. The van der Waals surface area contributed by atoms with Gasteiger partial charge in [0, 0.05) is 76.3 Å². The second-order valence-corrected chi connectivity index (χ2v) is 32.1. The Balaban J connectivity index is 1.13. The highest BCUT2D eigenvalue weighted by molar-refractivity contribution is 7.26. The Morgan fingerprint density at radius 2 is 1.05 bits per heavy atom. The van der Waals surface area contributed by atoms with Crippen molar-refractivity contribution >= 4 is 100 Å². The van der Waals surface area contributed by atoms with Gasteiger partial charge in [0.15, 0.2) is 0 Å². The Morgan fingerprint density at radius 1 is 0.494 bits per heavy atom. The van der Waals surface area contributed by atoms with Crippen LogP contribution in [-0.4, -0.2) is 6.71 Å². The lowest BCUT2D eigenvalue weighted by Gasteiger charge is -2.48. The molecule has 3 nitrogen and oxygen atoms in total. The van der Waals surface area contributed by atoms with Crippen LogP contribution in [0.1, 0.15) is 198 Å². The summed E-state index contributed by atoms with van der Waals surface area (Å²) in [6.45, 7) is 38.0. The number of fused-ring (bicyclic) bond motifs is 9. The summed E-state index contributed by atoms with van der Waals surface area (Å²) in [7, 11) is 0. The van der Waals surface area contributed by atoms with Gasteiger partial charge in [0.2, 0.25) is 0 Å². The standard InChI is InChI=1S/C78H88BN3S/c1-48-39-67-70-68(40-48)82(54-31-33-58-59(43-54)76(13,14)36-35-75(58,11)12)66-46-61-60(77(15,16)37-38-78(61,17)18)45-64(66)79(70)63-34-32-55(81(52-27-23-50(24-28-52)72(2,3)4)53-29-25-51(26-30-53)73(5,6)7)44-65(63)80(67)47-49-41-57-56-21-19-20-22-69(56)83-71(57)62(42-49)74(8,9)10/h19-34,39-46H,35-38,47H2,1-18H3/i1D3. The van der Waals surface area contributed by atoms with E-state index in [-0.39, 0.29) is 44.6 Å². The number of hydrogen-bond acceptors (Lipinski definition) is 4. The van der Waals surface area contributed by atoms with E-state index in [1.807, 2.05) is 17.4 Å². The van der Waals surface area contributed by atoms with Gasteiger partial charge in [-0.15, -0.1) is 11.3 Å². The first-order chi connectivity index (χ1) is 40.1. The minimum Gasteiger partial charge on any atom is -0.338 e. The van der Waals surface area contributed by atoms with Crippen LogP contribution in [0.3, 0.4) is 0 Å². The third kappa shape index (κ3) is 9.19. The van der Waals surface area contributed by atoms with E-state index < -0.39 is 6.85 Å². The maximum Gasteiger partial charge on any atom is 0.252 e. The maximum absolute atomic E-state index is 9.44. The normalized spacial score (nSPS) is 18.1. The Kier molecular flexibility index (Phi) is 11.7. The second kappa shape index (κ2) is 18.7. The third-order valence-electron chi connectivity index (χ3n) is 20.1. The summed E-state index contributed by atoms with van der Waals surface area (Å²) >= 11 is 1.89. The van der Waals surface area contributed by atoms with Crippen molar-refractivity contribution in [2.45, 2.75) is 195 Å². The Bertz CT molecular complexity index is 4160. The van der Waals surface area contributed by atoms with Crippen LogP contribution in [0.5, 0.6) is 0 Å². The SMILES string of the molecule is [2H]C([2H])([2H])c1cc2c3c(c1)N(c1ccc4c(c1)C(C)(C)CCC4(C)C)c1cc4c(cc1B3c1ccc(N(c3ccc(C(C)(C)C)cc3)c3ccc(C(C)(C)C)cc3)cc1N2Cc1cc(C(C)(C)C)c2sc3ccccc3c2c1)C(C)(C)CCC4(C)C. The average molecular weight is 1110 g/mol. The first-order valence-electron chi connectivity index (χ1n) is 32.3. The minimum atomic E-state index is -2.41. The van der Waals surface area contributed by atoms with Crippen LogP contribution < -0.4 is 31.1 Å². The lowest BCUT2D eigenvalue weighted by atomic mass is 9.33. The van der Waals surface area contributed by atoms with E-state index in [9.17, 15) is 4.11 Å². The zero-order chi connectivity index (χ0) is 61.4. The summed E-state index contributed by atoms with van der Waals surface area (Å²) in [6, 6.07) is 55.8. The minimum absolute atomic E-state index is 0.0153. The van der Waals surface area contributed by atoms with Crippen LogP contribution in [0.15, 0.2) is 146 Å². The zero-order valence-corrected chi connectivity index (χ0v) is 53.5. The van der Waals surface area contributed by atoms with E-state index in [0.29, 0.717) is 12.1 Å². The largest absolute Gasteiger partial charge is 0.338 e. The molecule has 3 heterocycles. The van der Waals surface area contributed by atoms with E-state index in [2.05, 4.69) is 272 Å². The fraction of sp³-hybridized carbons (Fsp3) is 0.385. The number of aryl methyl sites for hydroxylation is 1. The highest BCUT2D eigenvalue weighted by Gasteiger charge is 2.47. The first-order valence-corrected chi connectivity index (χ1v) is 31.6. The molecule has 2 aliphatic heterocycles. The molecule has 8 aromatic carbocycles. The molecule has 1 aromatic heterocycles. The van der Waals surface area contributed by atoms with Crippen molar-refractivity contribution in [1.82, 2.24) is 0 Å². The molecule has 5 heteroatoms. The molecular weight excluding hydrogens is 1020 g/mol. The number of rotatable bonds is 6. The maximum atomic E-state index is 9.44. The van der Waals surface area contributed by atoms with Crippen molar-refractivity contribution in [3.05, 3.63) is 196 Å². The smallest absolute Gasteiger partial charge is 0.252 e. The van der Waals surface area contributed by atoms with Crippen LogP contribution in [0.4, 0.5) is 45.5 Å². The molecular formula is C78H88BN3S. The highest BCUT2D eigenvalue weighted by Crippen LogP contribution is 2.53. The van der Waals surface area contributed by atoms with Gasteiger partial charge in [-0.2, -0.15) is 0 Å². The Morgan fingerprint density at radius 3 is 1.64 bits per heavy atom. The molecule has 0 unspecified atom stereocenters. The van der Waals surface area contributed by atoms with Crippen LogP contribution in [0.25, 0.3) is 20.2 Å². The fourth-order valence-electron chi connectivity index (χ4n) is 14.8. The molecule has 9 aromatic rings. The van der Waals surface area contributed by atoms with E-state index in [4.69, 9.17) is 0 Å². The topological polar surface area (TPSA) is 9.72 Å². The molecule has 0 amide bonds. The third-order valence-corrected chi connectivity index (χ3v) is 21.4. The van der Waals surface area contributed by atoms with Crippen molar-refractivity contribution in [3.8, 4) is 0 Å². The molecule has 0 spiro atoms. The molecule has 4 aliphatic rings. The number of hydrogen-bond donors (Lipinski definition) is 0. The summed E-state index contributed by atoms with van der Waals surface area (Å²) < 4.78 is 30.9. The zero-order valence-electron chi connectivity index (χ0n) is 55.7. The van der Waals surface area contributed by atoms with E-state index >= 15 is 0 Å². The lowest BCUT2D eigenvalue weighted by molar-refractivity contribution is 0.332. The number of benzene rings is 8. The quantitative estimate of drug-likeness (QED) is 0.154. The molecule has 0 N–H and O–H groups in total. The molecule has 0 saturated heterocycles. The van der Waals surface area contributed by atoms with Crippen molar-refractivity contribution < 1.29 is 4.11 Å². The van der Waals surface area contributed by atoms with Crippen molar-refractivity contribution in [2.24, 2.45) is 0 Å². The summed E-state index contributed by atoms with van der Waals surface area (Å²) in [4.78, 5) is 7.44. The second-order valence-electron chi connectivity index (χ2n) is 31.0. The number of anilines is 8. The number of thiophene rings is 1. The van der Waals surface area contributed by atoms with Gasteiger partial charge in [-0.3, -0.25) is 0 Å². The van der Waals surface area contributed by atoms with Gasteiger partial charge in [-0.05, 0) is 216 Å². The van der Waals surface area contributed by atoms with Crippen molar-refractivity contribution in [3.63, 3.8) is 0 Å². The summed E-state index contributed by atoms with van der Waals surface area (Å²) in [5, 5.41) is 2.54. The van der Waals surface area contributed by atoms with Gasteiger partial charge >= 0.3 is 0 Å². The molecule has 0 fully saturated rings. The van der Waals surface area contributed by atoms with Gasteiger partial charge < -0.3 is 14.7 Å². The predicted molar refractivity (Wildman–Crippen MR) is 363 cm³/mol. The average Bonchev–Trinajstić information content (AvgIpc) is 0.797. The van der Waals surface area contributed by atoms with Crippen molar-refractivity contribution in [2.75, 3.05) is 14.7 Å². The number of nitrogens with zero attached hydrogens (tertiary/aromatic N) is 3. The summed E-state index contributed by atoms with van der Waals surface area (Å²) in [6.07, 6.45) is 4.40. The van der Waals surface area contributed by atoms with Crippen molar-refractivity contribution in [1.29, 1.82) is 0 Å². The van der Waals surface area contributed by atoms with Gasteiger partial charge in [0.1, 0.15) is 0 Å².